The summed E-state index contributed by atoms with van der Waals surface area (Å²) < 4.78 is 6.24. The zero-order valence-electron chi connectivity index (χ0n) is 15.6. The van der Waals surface area contributed by atoms with Gasteiger partial charge in [-0.25, -0.2) is 0 Å². The molecule has 1 heteroatoms. The zero-order chi connectivity index (χ0) is 16.3. The van der Waals surface area contributed by atoms with Gasteiger partial charge in [0.1, 0.15) is 0 Å². The highest BCUT2D eigenvalue weighted by Gasteiger charge is 2.40. The van der Waals surface area contributed by atoms with Gasteiger partial charge in [0, 0.05) is 6.61 Å². The van der Waals surface area contributed by atoms with E-state index in [1.807, 2.05) is 0 Å². The van der Waals surface area contributed by atoms with Crippen LogP contribution >= 0.6 is 0 Å². The quantitative estimate of drug-likeness (QED) is 0.274. The standard InChI is InChI=1S/C20H40O/c1-8-11-12-13-14-15-16-19(17(4)5)20(9-2,18(6)7)21-10-3/h9,17-19H,2,8,10-16H2,1,3-7H3. The van der Waals surface area contributed by atoms with Crippen molar-refractivity contribution in [3.05, 3.63) is 12.7 Å². The van der Waals surface area contributed by atoms with Crippen LogP contribution < -0.4 is 0 Å². The molecule has 0 heterocycles. The molecule has 0 radical (unpaired) electrons. The van der Waals surface area contributed by atoms with Crippen LogP contribution in [0.3, 0.4) is 0 Å². The van der Waals surface area contributed by atoms with Gasteiger partial charge in [0.15, 0.2) is 0 Å². The van der Waals surface area contributed by atoms with Gasteiger partial charge in [0.25, 0.3) is 0 Å². The number of unbranched alkanes of at least 4 members (excludes halogenated alkanes) is 5. The van der Waals surface area contributed by atoms with Crippen molar-refractivity contribution in [1.29, 1.82) is 0 Å². The summed E-state index contributed by atoms with van der Waals surface area (Å²) in [5.41, 5.74) is -0.160. The second-order valence-electron chi connectivity index (χ2n) is 7.05. The molecule has 0 aromatic carbocycles. The van der Waals surface area contributed by atoms with Crippen molar-refractivity contribution in [3.63, 3.8) is 0 Å². The number of hydrogen-bond donors (Lipinski definition) is 0. The first-order valence-electron chi connectivity index (χ1n) is 9.23. The second kappa shape index (κ2) is 11.3. The molecule has 0 aliphatic rings. The van der Waals surface area contributed by atoms with Gasteiger partial charge in [0.05, 0.1) is 5.60 Å². The van der Waals surface area contributed by atoms with E-state index >= 15 is 0 Å². The van der Waals surface area contributed by atoms with Crippen molar-refractivity contribution in [3.8, 4) is 0 Å². The minimum atomic E-state index is -0.160. The fourth-order valence-electron chi connectivity index (χ4n) is 3.62. The first kappa shape index (κ1) is 20.7. The zero-order valence-corrected chi connectivity index (χ0v) is 15.6. The maximum Gasteiger partial charge on any atom is 0.0912 e. The summed E-state index contributed by atoms with van der Waals surface area (Å²) in [5.74, 6) is 1.68. The van der Waals surface area contributed by atoms with E-state index in [4.69, 9.17) is 4.74 Å². The van der Waals surface area contributed by atoms with Gasteiger partial charge in [0.2, 0.25) is 0 Å². The molecule has 0 bridgehead atoms. The average molecular weight is 297 g/mol. The molecule has 0 aromatic heterocycles. The van der Waals surface area contributed by atoms with E-state index in [1.54, 1.807) is 0 Å². The van der Waals surface area contributed by atoms with Gasteiger partial charge in [-0.15, -0.1) is 6.58 Å². The van der Waals surface area contributed by atoms with Gasteiger partial charge in [-0.2, -0.15) is 0 Å². The Kier molecular flexibility index (Phi) is 11.1. The number of ether oxygens (including phenoxy) is 1. The van der Waals surface area contributed by atoms with Crippen molar-refractivity contribution < 1.29 is 4.74 Å². The molecule has 21 heavy (non-hydrogen) atoms. The lowest BCUT2D eigenvalue weighted by Gasteiger charge is -2.44. The van der Waals surface area contributed by atoms with Gasteiger partial charge >= 0.3 is 0 Å². The topological polar surface area (TPSA) is 9.23 Å². The van der Waals surface area contributed by atoms with Crippen LogP contribution in [0.2, 0.25) is 0 Å². The first-order chi connectivity index (χ1) is 9.96. The Labute approximate surface area is 134 Å². The molecule has 1 nitrogen and oxygen atoms in total. The Morgan fingerprint density at radius 1 is 0.952 bits per heavy atom. The predicted molar refractivity (Wildman–Crippen MR) is 95.7 cm³/mol. The Balaban J connectivity index is 4.65. The molecular weight excluding hydrogens is 256 g/mol. The fraction of sp³-hybridized carbons (Fsp3) is 0.900. The van der Waals surface area contributed by atoms with Crippen molar-refractivity contribution in [1.82, 2.24) is 0 Å². The lowest BCUT2D eigenvalue weighted by atomic mass is 9.70. The molecule has 126 valence electrons. The van der Waals surface area contributed by atoms with Crippen molar-refractivity contribution in [2.75, 3.05) is 6.61 Å². The molecule has 2 atom stereocenters. The summed E-state index contributed by atoms with van der Waals surface area (Å²) in [6, 6.07) is 0. The summed E-state index contributed by atoms with van der Waals surface area (Å²) in [6.07, 6.45) is 11.5. The molecule has 0 fully saturated rings. The third-order valence-corrected chi connectivity index (χ3v) is 4.87. The molecule has 0 aliphatic carbocycles. The number of rotatable bonds is 13. The van der Waals surface area contributed by atoms with Gasteiger partial charge in [-0.1, -0.05) is 79.2 Å². The van der Waals surface area contributed by atoms with E-state index in [0.717, 1.165) is 6.61 Å². The highest BCUT2D eigenvalue weighted by molar-refractivity contribution is 5.05. The van der Waals surface area contributed by atoms with Gasteiger partial charge in [-0.05, 0) is 31.1 Å². The highest BCUT2D eigenvalue weighted by Crippen LogP contribution is 2.39. The normalized spacial score (nSPS) is 16.2. The molecule has 0 N–H and O–H groups in total. The van der Waals surface area contributed by atoms with Crippen molar-refractivity contribution >= 4 is 0 Å². The summed E-state index contributed by atoms with van der Waals surface area (Å²) in [4.78, 5) is 0. The van der Waals surface area contributed by atoms with Crippen LogP contribution in [0, 0.1) is 17.8 Å². The minimum absolute atomic E-state index is 0.160. The summed E-state index contributed by atoms with van der Waals surface area (Å²) in [7, 11) is 0. The summed E-state index contributed by atoms with van der Waals surface area (Å²) in [6.45, 7) is 18.5. The van der Waals surface area contributed by atoms with E-state index < -0.39 is 0 Å². The molecule has 0 aromatic rings. The van der Waals surface area contributed by atoms with E-state index in [2.05, 4.69) is 54.2 Å². The SMILES string of the molecule is C=CC(OCC)(C(C)C)C(CCCCCCCC)C(C)C. The maximum atomic E-state index is 6.24. The molecule has 2 unspecified atom stereocenters. The average Bonchev–Trinajstić information content (AvgIpc) is 2.44. The second-order valence-corrected chi connectivity index (χ2v) is 7.05. The molecule has 0 amide bonds. The molecule has 0 saturated heterocycles. The molecule has 0 spiro atoms. The Hall–Kier alpha value is -0.300. The van der Waals surface area contributed by atoms with E-state index in [1.165, 1.54) is 44.9 Å². The van der Waals surface area contributed by atoms with Crippen LogP contribution in [0.1, 0.15) is 86.5 Å². The van der Waals surface area contributed by atoms with Crippen LogP contribution in [0.4, 0.5) is 0 Å². The van der Waals surface area contributed by atoms with Crippen LogP contribution in [0.25, 0.3) is 0 Å². The fourth-order valence-corrected chi connectivity index (χ4v) is 3.62. The molecule has 0 rings (SSSR count). The van der Waals surface area contributed by atoms with E-state index in [-0.39, 0.29) is 5.60 Å². The monoisotopic (exact) mass is 296 g/mol. The van der Waals surface area contributed by atoms with Gasteiger partial charge in [-0.3, -0.25) is 0 Å². The molecule has 0 saturated carbocycles. The first-order valence-corrected chi connectivity index (χ1v) is 9.23. The van der Waals surface area contributed by atoms with Crippen LogP contribution in [-0.4, -0.2) is 12.2 Å². The Morgan fingerprint density at radius 3 is 1.95 bits per heavy atom. The summed E-state index contributed by atoms with van der Waals surface area (Å²) >= 11 is 0. The number of hydrogen-bond acceptors (Lipinski definition) is 1. The van der Waals surface area contributed by atoms with Crippen LogP contribution in [0.15, 0.2) is 12.7 Å². The van der Waals surface area contributed by atoms with Crippen molar-refractivity contribution in [2.45, 2.75) is 92.1 Å². The van der Waals surface area contributed by atoms with Crippen LogP contribution in [-0.2, 0) is 4.74 Å². The minimum Gasteiger partial charge on any atom is -0.371 e. The Morgan fingerprint density at radius 2 is 1.52 bits per heavy atom. The Bertz CT molecular complexity index is 257. The predicted octanol–water partition coefficient (Wildman–Crippen LogP) is 6.63. The summed E-state index contributed by atoms with van der Waals surface area (Å²) in [5, 5.41) is 0. The molecule has 0 aliphatic heterocycles. The van der Waals surface area contributed by atoms with Crippen LogP contribution in [0.5, 0.6) is 0 Å². The smallest absolute Gasteiger partial charge is 0.0912 e. The van der Waals surface area contributed by atoms with Gasteiger partial charge < -0.3 is 4.74 Å². The third kappa shape index (κ3) is 6.55. The van der Waals surface area contributed by atoms with E-state index in [9.17, 15) is 0 Å². The highest BCUT2D eigenvalue weighted by atomic mass is 16.5. The largest absolute Gasteiger partial charge is 0.371 e. The third-order valence-electron chi connectivity index (χ3n) is 4.87. The van der Waals surface area contributed by atoms with E-state index in [0.29, 0.717) is 17.8 Å². The van der Waals surface area contributed by atoms with Crippen molar-refractivity contribution in [2.24, 2.45) is 17.8 Å². The lowest BCUT2D eigenvalue weighted by Crippen LogP contribution is -2.46. The lowest BCUT2D eigenvalue weighted by molar-refractivity contribution is -0.0925. The maximum absolute atomic E-state index is 6.24. The molecular formula is C20H40O.